The molecule has 1 aliphatic heterocycles. The van der Waals surface area contributed by atoms with Gasteiger partial charge in [0.1, 0.15) is 5.69 Å². The molecule has 1 fully saturated rings. The minimum atomic E-state index is -0.675. The number of carbonyl (C=O) groups is 1. The van der Waals surface area contributed by atoms with Crippen LogP contribution in [0, 0.1) is 0 Å². The lowest BCUT2D eigenvalue weighted by molar-refractivity contribution is 0.0607. The number of aromatic nitrogens is 1. The molecular formula is C14H23N3O3. The molecular weight excluding hydrogens is 258 g/mol. The normalized spacial score (nSPS) is 17.9. The molecule has 0 spiro atoms. The fourth-order valence-electron chi connectivity index (χ4n) is 2.54. The second kappa shape index (κ2) is 7.42. The Bertz CT molecular complexity index is 427. The van der Waals surface area contributed by atoms with Gasteiger partial charge in [-0.3, -0.25) is 4.79 Å². The van der Waals surface area contributed by atoms with Gasteiger partial charge in [0.15, 0.2) is 0 Å². The average Bonchev–Trinajstić information content (AvgIpc) is 2.95. The van der Waals surface area contributed by atoms with E-state index in [1.807, 2.05) is 22.9 Å². The smallest absolute Gasteiger partial charge is 0.268 e. The van der Waals surface area contributed by atoms with E-state index in [9.17, 15) is 9.90 Å². The monoisotopic (exact) mass is 281 g/mol. The summed E-state index contributed by atoms with van der Waals surface area (Å²) in [7, 11) is 1.52. The van der Waals surface area contributed by atoms with Gasteiger partial charge < -0.3 is 25.0 Å². The second-order valence-electron chi connectivity index (χ2n) is 5.10. The summed E-state index contributed by atoms with van der Waals surface area (Å²) < 4.78 is 6.87. The fraction of sp³-hybridized carbons (Fsp3) is 0.643. The van der Waals surface area contributed by atoms with E-state index in [0.29, 0.717) is 11.7 Å². The van der Waals surface area contributed by atoms with Crippen molar-refractivity contribution in [1.82, 2.24) is 15.2 Å². The van der Waals surface area contributed by atoms with E-state index in [4.69, 9.17) is 4.74 Å². The van der Waals surface area contributed by atoms with E-state index < -0.39 is 6.10 Å². The minimum Gasteiger partial charge on any atom is -0.389 e. The second-order valence-corrected chi connectivity index (χ2v) is 5.10. The first-order valence-corrected chi connectivity index (χ1v) is 7.05. The molecule has 0 radical (unpaired) electrons. The van der Waals surface area contributed by atoms with E-state index in [2.05, 4.69) is 10.6 Å². The number of ether oxygens (including phenoxy) is 1. The van der Waals surface area contributed by atoms with Crippen LogP contribution in [0.15, 0.2) is 18.3 Å². The minimum absolute atomic E-state index is 0.149. The standard InChI is InChI=1S/C14H23N3O3/c1-20-10-12(18)9-16-14(19)13-3-2-8-17(13)11-4-6-15-7-5-11/h2-3,8,11-12,15,18H,4-7,9-10H2,1H3,(H,16,19). The lowest BCUT2D eigenvalue weighted by Gasteiger charge is -2.26. The first-order chi connectivity index (χ1) is 9.72. The highest BCUT2D eigenvalue weighted by Crippen LogP contribution is 2.21. The summed E-state index contributed by atoms with van der Waals surface area (Å²) in [6.45, 7) is 2.38. The van der Waals surface area contributed by atoms with Gasteiger partial charge in [0.25, 0.3) is 5.91 Å². The predicted octanol–water partition coefficient (Wildman–Crippen LogP) is 0.150. The van der Waals surface area contributed by atoms with Gasteiger partial charge in [0.05, 0.1) is 12.7 Å². The zero-order chi connectivity index (χ0) is 14.4. The number of aliphatic hydroxyl groups is 1. The summed E-state index contributed by atoms with van der Waals surface area (Å²) in [5.41, 5.74) is 0.654. The highest BCUT2D eigenvalue weighted by molar-refractivity contribution is 5.92. The molecule has 2 rings (SSSR count). The van der Waals surface area contributed by atoms with Crippen LogP contribution in [0.5, 0.6) is 0 Å². The Morgan fingerprint density at radius 3 is 3.05 bits per heavy atom. The fourth-order valence-corrected chi connectivity index (χ4v) is 2.54. The Hall–Kier alpha value is -1.37. The van der Waals surface area contributed by atoms with Gasteiger partial charge in [-0.25, -0.2) is 0 Å². The largest absolute Gasteiger partial charge is 0.389 e. The maximum Gasteiger partial charge on any atom is 0.268 e. The molecule has 1 atom stereocenters. The van der Waals surface area contributed by atoms with Gasteiger partial charge in [0, 0.05) is 25.9 Å². The van der Waals surface area contributed by atoms with Gasteiger partial charge in [-0.05, 0) is 38.1 Å². The summed E-state index contributed by atoms with van der Waals surface area (Å²) in [6.07, 6.45) is 3.34. The average molecular weight is 281 g/mol. The number of piperidine rings is 1. The van der Waals surface area contributed by atoms with E-state index in [-0.39, 0.29) is 19.1 Å². The van der Waals surface area contributed by atoms with E-state index in [1.165, 1.54) is 7.11 Å². The van der Waals surface area contributed by atoms with Crippen molar-refractivity contribution in [2.75, 3.05) is 33.4 Å². The molecule has 2 heterocycles. The molecule has 0 saturated carbocycles. The van der Waals surface area contributed by atoms with Crippen molar-refractivity contribution < 1.29 is 14.6 Å². The van der Waals surface area contributed by atoms with Crippen molar-refractivity contribution in [1.29, 1.82) is 0 Å². The van der Waals surface area contributed by atoms with E-state index >= 15 is 0 Å². The Kier molecular flexibility index (Phi) is 5.58. The number of hydrogen-bond acceptors (Lipinski definition) is 4. The van der Waals surface area contributed by atoms with Crippen LogP contribution in [0.1, 0.15) is 29.4 Å². The molecule has 6 heteroatoms. The van der Waals surface area contributed by atoms with Crippen molar-refractivity contribution in [3.8, 4) is 0 Å². The van der Waals surface area contributed by atoms with E-state index in [0.717, 1.165) is 25.9 Å². The summed E-state index contributed by atoms with van der Waals surface area (Å²) in [4.78, 5) is 12.2. The summed E-state index contributed by atoms with van der Waals surface area (Å²) in [5.74, 6) is -0.149. The molecule has 20 heavy (non-hydrogen) atoms. The van der Waals surface area contributed by atoms with Crippen LogP contribution in [0.4, 0.5) is 0 Å². The lowest BCUT2D eigenvalue weighted by Crippen LogP contribution is -2.36. The van der Waals surface area contributed by atoms with Crippen molar-refractivity contribution in [3.63, 3.8) is 0 Å². The zero-order valence-electron chi connectivity index (χ0n) is 11.8. The van der Waals surface area contributed by atoms with Gasteiger partial charge in [-0.2, -0.15) is 0 Å². The molecule has 3 N–H and O–H groups in total. The third kappa shape index (κ3) is 3.82. The van der Waals surface area contributed by atoms with Crippen molar-refractivity contribution >= 4 is 5.91 Å². The highest BCUT2D eigenvalue weighted by atomic mass is 16.5. The van der Waals surface area contributed by atoms with Gasteiger partial charge in [-0.15, -0.1) is 0 Å². The number of aliphatic hydroxyl groups excluding tert-OH is 1. The molecule has 6 nitrogen and oxygen atoms in total. The van der Waals surface area contributed by atoms with Gasteiger partial charge in [0.2, 0.25) is 0 Å². The molecule has 0 aromatic carbocycles. The van der Waals surface area contributed by atoms with Crippen LogP contribution in [-0.4, -0.2) is 55.0 Å². The molecule has 0 aliphatic carbocycles. The van der Waals surface area contributed by atoms with Crippen LogP contribution in [-0.2, 0) is 4.74 Å². The summed E-state index contributed by atoms with van der Waals surface area (Å²) in [5, 5.41) is 15.6. The number of nitrogens with zero attached hydrogens (tertiary/aromatic N) is 1. The van der Waals surface area contributed by atoms with Crippen molar-refractivity contribution in [3.05, 3.63) is 24.0 Å². The Balaban J connectivity index is 1.94. The third-order valence-corrected chi connectivity index (χ3v) is 3.57. The number of rotatable bonds is 6. The van der Waals surface area contributed by atoms with Gasteiger partial charge >= 0.3 is 0 Å². The number of hydrogen-bond donors (Lipinski definition) is 3. The molecule has 1 aliphatic rings. The Labute approximate surface area is 119 Å². The summed E-state index contributed by atoms with van der Waals surface area (Å²) >= 11 is 0. The highest BCUT2D eigenvalue weighted by Gasteiger charge is 2.20. The molecule has 1 aromatic rings. The summed E-state index contributed by atoms with van der Waals surface area (Å²) in [6, 6.07) is 4.08. The maximum absolute atomic E-state index is 12.2. The molecule has 112 valence electrons. The molecule has 1 unspecified atom stereocenters. The topological polar surface area (TPSA) is 75.5 Å². The van der Waals surface area contributed by atoms with Crippen LogP contribution >= 0.6 is 0 Å². The van der Waals surface area contributed by atoms with Crippen LogP contribution < -0.4 is 10.6 Å². The van der Waals surface area contributed by atoms with Crippen LogP contribution in [0.3, 0.4) is 0 Å². The number of nitrogens with one attached hydrogen (secondary N) is 2. The van der Waals surface area contributed by atoms with Crippen LogP contribution in [0.25, 0.3) is 0 Å². The van der Waals surface area contributed by atoms with Gasteiger partial charge in [-0.1, -0.05) is 0 Å². The number of methoxy groups -OCH3 is 1. The van der Waals surface area contributed by atoms with Crippen LogP contribution in [0.2, 0.25) is 0 Å². The van der Waals surface area contributed by atoms with E-state index in [1.54, 1.807) is 0 Å². The lowest BCUT2D eigenvalue weighted by atomic mass is 10.1. The van der Waals surface area contributed by atoms with Crippen molar-refractivity contribution in [2.24, 2.45) is 0 Å². The molecule has 1 amide bonds. The molecule has 1 aromatic heterocycles. The number of amides is 1. The predicted molar refractivity (Wildman–Crippen MR) is 75.8 cm³/mol. The molecule has 0 bridgehead atoms. The van der Waals surface area contributed by atoms with Crippen molar-refractivity contribution in [2.45, 2.75) is 25.0 Å². The Morgan fingerprint density at radius 1 is 1.60 bits per heavy atom. The number of carbonyl (C=O) groups excluding carboxylic acids is 1. The molecule has 1 saturated heterocycles. The quantitative estimate of drug-likeness (QED) is 0.694. The SMILES string of the molecule is COCC(O)CNC(=O)c1cccn1C1CCNCC1. The first kappa shape index (κ1) is 15.0. The Morgan fingerprint density at radius 2 is 2.35 bits per heavy atom. The third-order valence-electron chi connectivity index (χ3n) is 3.57. The zero-order valence-corrected chi connectivity index (χ0v) is 11.8. The maximum atomic E-state index is 12.2. The first-order valence-electron chi connectivity index (χ1n) is 7.05.